The van der Waals surface area contributed by atoms with Gasteiger partial charge in [-0.15, -0.1) is 5.11 Å². The lowest BCUT2D eigenvalue weighted by Crippen LogP contribution is -2.15. The Bertz CT molecular complexity index is 1950. The second-order valence-corrected chi connectivity index (χ2v) is 9.23. The smallest absolute Gasteiger partial charge is 0.346 e. The second-order valence-electron chi connectivity index (χ2n) is 9.23. The molecular weight excluding hydrogens is 560 g/mol. The molecule has 43 heavy (non-hydrogen) atoms. The number of ether oxygens (including phenoxy) is 2. The van der Waals surface area contributed by atoms with Crippen molar-refractivity contribution in [1.29, 1.82) is 0 Å². The van der Waals surface area contributed by atoms with Gasteiger partial charge in [0.05, 0.1) is 33.6 Å². The van der Waals surface area contributed by atoms with Gasteiger partial charge in [0.1, 0.15) is 11.4 Å². The van der Waals surface area contributed by atoms with E-state index in [0.717, 1.165) is 0 Å². The summed E-state index contributed by atoms with van der Waals surface area (Å²) in [5.74, 6) is -4.57. The molecule has 210 valence electrons. The fourth-order valence-corrected chi connectivity index (χ4v) is 4.28. The number of phenols is 1. The number of phenolic OH excluding ortho intramolecular Hbond substituents is 1. The number of fused-ring (bicyclic) bond motifs is 2. The Morgan fingerprint density at radius 2 is 1.12 bits per heavy atom. The van der Waals surface area contributed by atoms with E-state index < -0.39 is 35.7 Å². The Morgan fingerprint density at radius 1 is 0.581 bits per heavy atom. The highest BCUT2D eigenvalue weighted by Crippen LogP contribution is 2.32. The molecule has 0 aromatic heterocycles. The first-order valence-electron chi connectivity index (χ1n) is 12.4. The van der Waals surface area contributed by atoms with Crippen LogP contribution in [-0.2, 0) is 9.47 Å². The highest BCUT2D eigenvalue weighted by molar-refractivity contribution is 6.17. The van der Waals surface area contributed by atoms with Crippen molar-refractivity contribution in [3.63, 3.8) is 0 Å². The molecule has 2 amide bonds. The molecule has 0 aliphatic carbocycles. The molecule has 13 nitrogen and oxygen atoms in total. The van der Waals surface area contributed by atoms with Gasteiger partial charge in [-0.25, -0.2) is 19.2 Å². The largest absolute Gasteiger partial charge is 0.508 e. The van der Waals surface area contributed by atoms with Gasteiger partial charge in [-0.1, -0.05) is 0 Å². The summed E-state index contributed by atoms with van der Waals surface area (Å²) in [4.78, 5) is 73.5. The fourth-order valence-electron chi connectivity index (χ4n) is 4.28. The van der Waals surface area contributed by atoms with Crippen molar-refractivity contribution < 1.29 is 43.3 Å². The predicted octanol–water partition coefficient (Wildman–Crippen LogP) is 4.93. The summed E-state index contributed by atoms with van der Waals surface area (Å²) in [5, 5.41) is 23.1. The lowest BCUT2D eigenvalue weighted by atomic mass is 10.0. The molecule has 3 N–H and O–H groups in total. The molecule has 0 radical (unpaired) electrons. The Balaban J connectivity index is 1.29. The number of anilines is 2. The molecule has 0 fully saturated rings. The molecule has 4 aromatic carbocycles. The number of nitrogens with one attached hydrogen (secondary N) is 2. The molecule has 4 aromatic rings. The first kappa shape index (κ1) is 26.7. The molecule has 13 heteroatoms. The van der Waals surface area contributed by atoms with Crippen molar-refractivity contribution in [3.8, 4) is 5.75 Å². The van der Waals surface area contributed by atoms with Crippen LogP contribution in [0.25, 0.3) is 0 Å². The zero-order chi connectivity index (χ0) is 30.2. The van der Waals surface area contributed by atoms with Crippen LogP contribution in [0.4, 0.5) is 22.7 Å². The van der Waals surface area contributed by atoms with Gasteiger partial charge in [-0.3, -0.25) is 9.59 Å². The van der Waals surface area contributed by atoms with Crippen LogP contribution in [0.2, 0.25) is 0 Å². The molecule has 0 saturated heterocycles. The minimum Gasteiger partial charge on any atom is -0.508 e. The van der Waals surface area contributed by atoms with Gasteiger partial charge in [0.15, 0.2) is 0 Å². The number of amides is 2. The summed E-state index contributed by atoms with van der Waals surface area (Å²) < 4.78 is 9.13. The third-order valence-corrected chi connectivity index (χ3v) is 6.44. The maximum Gasteiger partial charge on any atom is 0.346 e. The van der Waals surface area contributed by atoms with Crippen molar-refractivity contribution in [2.24, 2.45) is 10.2 Å². The number of cyclic esters (lactones) is 4. The zero-order valence-electron chi connectivity index (χ0n) is 21.6. The number of aromatic hydroxyl groups is 1. The van der Waals surface area contributed by atoms with E-state index in [1.807, 2.05) is 0 Å². The highest BCUT2D eigenvalue weighted by Gasteiger charge is 2.31. The molecule has 2 aliphatic heterocycles. The Morgan fingerprint density at radius 3 is 1.70 bits per heavy atom. The van der Waals surface area contributed by atoms with E-state index in [4.69, 9.17) is 0 Å². The molecule has 0 atom stereocenters. The molecule has 0 saturated carbocycles. The summed E-state index contributed by atoms with van der Waals surface area (Å²) in [5.41, 5.74) is 1.07. The number of azo groups is 1. The van der Waals surface area contributed by atoms with Crippen molar-refractivity contribution in [3.05, 3.63) is 112 Å². The molecular formula is C30H16N4O9. The first-order valence-corrected chi connectivity index (χ1v) is 12.4. The number of carbonyl (C=O) groups is 6. The molecule has 0 bridgehead atoms. The number of carbonyl (C=O) groups excluding carboxylic acids is 6. The van der Waals surface area contributed by atoms with Gasteiger partial charge in [0.25, 0.3) is 11.8 Å². The van der Waals surface area contributed by atoms with E-state index in [2.05, 4.69) is 30.3 Å². The standard InChI is InChI=1S/C30H16N4O9/c35-18-6-3-16(4-7-18)33-34-23-10-5-17(31-25(36)14-1-8-19-21(11-14)29(40)42-27(19)38)13-24(23)32-26(37)15-2-9-20-22(12-15)30(41)43-28(20)39/h1-13,35H,(H,31,36)(H,32,37). The van der Waals surface area contributed by atoms with Crippen molar-refractivity contribution in [2.45, 2.75) is 0 Å². The number of hydrogen-bond acceptors (Lipinski definition) is 11. The van der Waals surface area contributed by atoms with Crippen LogP contribution in [0, 0.1) is 0 Å². The van der Waals surface area contributed by atoms with Crippen molar-refractivity contribution in [1.82, 2.24) is 0 Å². The normalized spacial score (nSPS) is 13.4. The van der Waals surface area contributed by atoms with Gasteiger partial charge in [-0.05, 0) is 78.9 Å². The van der Waals surface area contributed by atoms with Crippen molar-refractivity contribution >= 4 is 58.4 Å². The monoisotopic (exact) mass is 576 g/mol. The molecule has 2 aliphatic rings. The SMILES string of the molecule is O=C(Nc1ccc(N=Nc2ccc(O)cc2)c(NC(=O)c2ccc3c(c2)C(=O)OC3=O)c1)c1ccc2c(c1)C(=O)OC2=O. The zero-order valence-corrected chi connectivity index (χ0v) is 21.6. The maximum absolute atomic E-state index is 13.2. The maximum atomic E-state index is 13.2. The van der Waals surface area contributed by atoms with E-state index in [1.54, 1.807) is 0 Å². The topological polar surface area (TPSA) is 190 Å². The van der Waals surface area contributed by atoms with Gasteiger partial charge in [-0.2, -0.15) is 5.11 Å². The van der Waals surface area contributed by atoms with Gasteiger partial charge in [0, 0.05) is 16.8 Å². The van der Waals surface area contributed by atoms with Gasteiger partial charge in [0.2, 0.25) is 0 Å². The summed E-state index contributed by atoms with van der Waals surface area (Å²) >= 11 is 0. The third-order valence-electron chi connectivity index (χ3n) is 6.44. The van der Waals surface area contributed by atoms with E-state index in [1.165, 1.54) is 78.9 Å². The predicted molar refractivity (Wildman–Crippen MR) is 147 cm³/mol. The lowest BCUT2D eigenvalue weighted by molar-refractivity contribution is 0.0425. The van der Waals surface area contributed by atoms with E-state index in [9.17, 15) is 33.9 Å². The number of hydrogen-bond donors (Lipinski definition) is 3. The van der Waals surface area contributed by atoms with Crippen molar-refractivity contribution in [2.75, 3.05) is 10.6 Å². The van der Waals surface area contributed by atoms with Gasteiger partial charge < -0.3 is 25.2 Å². The van der Waals surface area contributed by atoms with Crippen LogP contribution < -0.4 is 10.6 Å². The average molecular weight is 576 g/mol. The van der Waals surface area contributed by atoms with Crippen LogP contribution in [0.5, 0.6) is 5.75 Å². The Kier molecular flexibility index (Phi) is 6.51. The lowest BCUT2D eigenvalue weighted by Gasteiger charge is -2.12. The number of benzene rings is 4. The third kappa shape index (κ3) is 5.20. The van der Waals surface area contributed by atoms with Crippen LogP contribution in [0.15, 0.2) is 89.1 Å². The first-order chi connectivity index (χ1) is 20.7. The quantitative estimate of drug-likeness (QED) is 0.162. The highest BCUT2D eigenvalue weighted by atomic mass is 16.6. The molecule has 2 heterocycles. The Hall–Kier alpha value is -6.50. The van der Waals surface area contributed by atoms with E-state index in [0.29, 0.717) is 5.69 Å². The number of esters is 4. The molecule has 6 rings (SSSR count). The van der Waals surface area contributed by atoms with Crippen LogP contribution in [-0.4, -0.2) is 40.8 Å². The summed E-state index contributed by atoms with van der Waals surface area (Å²) in [7, 11) is 0. The second kappa shape index (κ2) is 10.5. The minimum atomic E-state index is -0.869. The van der Waals surface area contributed by atoms with Crippen LogP contribution in [0.3, 0.4) is 0 Å². The number of nitrogens with zero attached hydrogens (tertiary/aromatic N) is 2. The number of rotatable bonds is 6. The van der Waals surface area contributed by atoms with E-state index in [-0.39, 0.29) is 56.2 Å². The summed E-state index contributed by atoms with van der Waals surface area (Å²) in [6, 6.07) is 18.1. The Labute approximate surface area is 240 Å². The molecule has 0 unspecified atom stereocenters. The fraction of sp³-hybridized carbons (Fsp3) is 0. The molecule has 0 spiro atoms. The van der Waals surface area contributed by atoms with Crippen LogP contribution >= 0.6 is 0 Å². The van der Waals surface area contributed by atoms with Gasteiger partial charge >= 0.3 is 23.9 Å². The van der Waals surface area contributed by atoms with E-state index >= 15 is 0 Å². The average Bonchev–Trinajstić information content (AvgIpc) is 3.45. The summed E-state index contributed by atoms with van der Waals surface area (Å²) in [6.45, 7) is 0. The summed E-state index contributed by atoms with van der Waals surface area (Å²) in [6.07, 6.45) is 0. The minimum absolute atomic E-state index is 0.0319. The van der Waals surface area contributed by atoms with Crippen LogP contribution in [0.1, 0.15) is 62.1 Å².